The maximum absolute atomic E-state index is 4.95. The van der Waals surface area contributed by atoms with Gasteiger partial charge >= 0.3 is 0 Å². The van der Waals surface area contributed by atoms with E-state index in [9.17, 15) is 0 Å². The largest absolute Gasteiger partial charge is 0.381 e. The van der Waals surface area contributed by atoms with Crippen LogP contribution in [-0.4, -0.2) is 17.3 Å². The zero-order valence-electron chi connectivity index (χ0n) is 33.2. The van der Waals surface area contributed by atoms with E-state index in [1.807, 2.05) is 30.5 Å². The van der Waals surface area contributed by atoms with Crippen molar-refractivity contribution >= 4 is 50.6 Å². The van der Waals surface area contributed by atoms with Crippen molar-refractivity contribution in [2.24, 2.45) is 4.99 Å². The van der Waals surface area contributed by atoms with E-state index in [0.717, 1.165) is 40.1 Å². The number of fused-ring (bicyclic) bond motifs is 7. The topological polar surface area (TPSA) is 41.4 Å². The quantitative estimate of drug-likeness (QED) is 0.143. The van der Waals surface area contributed by atoms with Crippen molar-refractivity contribution in [1.82, 2.24) is 9.88 Å². The lowest BCUT2D eigenvalue weighted by Crippen LogP contribution is -2.19. The molecule has 0 saturated carbocycles. The molecule has 0 fully saturated rings. The monoisotopic (exact) mass is 772 g/mol. The molecule has 0 aliphatic carbocycles. The van der Waals surface area contributed by atoms with Crippen molar-refractivity contribution in [2.45, 2.75) is 12.7 Å². The van der Waals surface area contributed by atoms with Crippen molar-refractivity contribution < 1.29 is 0 Å². The van der Waals surface area contributed by atoms with Gasteiger partial charge in [-0.05, 0) is 86.1 Å². The van der Waals surface area contributed by atoms with Crippen LogP contribution in [0.25, 0.3) is 66.6 Å². The minimum Gasteiger partial charge on any atom is -0.381 e. The van der Waals surface area contributed by atoms with Gasteiger partial charge in [-0.2, -0.15) is 0 Å². The highest BCUT2D eigenvalue weighted by Crippen LogP contribution is 2.38. The first kappa shape index (κ1) is 36.8. The van der Waals surface area contributed by atoms with E-state index in [4.69, 9.17) is 4.99 Å². The summed E-state index contributed by atoms with van der Waals surface area (Å²) in [6.45, 7) is 1.46. The Morgan fingerprint density at radius 2 is 1.15 bits per heavy atom. The van der Waals surface area contributed by atoms with Crippen LogP contribution in [0.3, 0.4) is 0 Å². The summed E-state index contributed by atoms with van der Waals surface area (Å²) < 4.78 is 2.41. The molecule has 8 aromatic carbocycles. The molecule has 4 heteroatoms. The molecule has 4 nitrogen and oxygen atoms in total. The number of nitrogens with one attached hydrogen (secondary N) is 2. The predicted molar refractivity (Wildman–Crippen MR) is 254 cm³/mol. The molecule has 1 atom stereocenters. The number of anilines is 1. The first-order chi connectivity index (χ1) is 29.8. The molecule has 0 amide bonds. The molecule has 1 unspecified atom stereocenters. The smallest absolute Gasteiger partial charge is 0.125 e. The lowest BCUT2D eigenvalue weighted by molar-refractivity contribution is 0.556. The summed E-state index contributed by atoms with van der Waals surface area (Å²) in [6.07, 6.45) is 6.30. The van der Waals surface area contributed by atoms with Gasteiger partial charge in [0.2, 0.25) is 0 Å². The van der Waals surface area contributed by atoms with Crippen molar-refractivity contribution in [2.75, 3.05) is 11.9 Å². The average Bonchev–Trinajstić information content (AvgIpc) is 3.37. The lowest BCUT2D eigenvalue weighted by Gasteiger charge is -2.16. The minimum absolute atomic E-state index is 0.166. The zero-order valence-corrected chi connectivity index (χ0v) is 33.2. The van der Waals surface area contributed by atoms with Crippen LogP contribution in [0.1, 0.15) is 28.4 Å². The Bertz CT molecular complexity index is 3070. The lowest BCUT2D eigenvalue weighted by atomic mass is 9.95. The van der Waals surface area contributed by atoms with Crippen LogP contribution < -0.4 is 10.6 Å². The first-order valence-electron chi connectivity index (χ1n) is 20.7. The third kappa shape index (κ3) is 7.48. The summed E-state index contributed by atoms with van der Waals surface area (Å²) >= 11 is 0. The Hall–Kier alpha value is -7.53. The second-order valence-corrected chi connectivity index (χ2v) is 15.2. The number of hydrogen-bond donors (Lipinski definition) is 2. The van der Waals surface area contributed by atoms with Crippen LogP contribution in [0.2, 0.25) is 0 Å². The summed E-state index contributed by atoms with van der Waals surface area (Å²) in [5, 5.41) is 12.2. The van der Waals surface area contributed by atoms with Gasteiger partial charge < -0.3 is 9.88 Å². The summed E-state index contributed by atoms with van der Waals surface area (Å²) in [4.78, 5) is 4.95. The van der Waals surface area contributed by atoms with Crippen LogP contribution >= 0.6 is 0 Å². The Kier molecular flexibility index (Phi) is 10.3. The van der Waals surface area contributed by atoms with Crippen LogP contribution in [0.5, 0.6) is 0 Å². The minimum atomic E-state index is -0.166. The van der Waals surface area contributed by atoms with Crippen LogP contribution in [0.15, 0.2) is 217 Å². The molecule has 288 valence electrons. The highest BCUT2D eigenvalue weighted by Gasteiger charge is 2.16. The van der Waals surface area contributed by atoms with E-state index < -0.39 is 0 Å². The molecule has 60 heavy (non-hydrogen) atoms. The summed E-state index contributed by atoms with van der Waals surface area (Å²) in [5.74, 6) is 0. The highest BCUT2D eigenvalue weighted by molar-refractivity contribution is 6.13. The van der Waals surface area contributed by atoms with Crippen molar-refractivity contribution in [3.05, 3.63) is 235 Å². The summed E-state index contributed by atoms with van der Waals surface area (Å²) in [6, 6.07) is 73.8. The van der Waals surface area contributed by atoms with E-state index >= 15 is 0 Å². The van der Waals surface area contributed by atoms with Gasteiger partial charge in [-0.3, -0.25) is 10.3 Å². The fraction of sp³-hybridized carbons (Fsp3) is 0.0536. The van der Waals surface area contributed by atoms with Gasteiger partial charge in [0.05, 0.1) is 16.7 Å². The molecule has 1 aromatic heterocycles. The normalized spacial score (nSPS) is 12.7. The van der Waals surface area contributed by atoms with Gasteiger partial charge in [-0.15, -0.1) is 0 Å². The predicted octanol–water partition coefficient (Wildman–Crippen LogP) is 13.7. The number of aliphatic imine (C=N–C) groups is 1. The second kappa shape index (κ2) is 16.8. The van der Waals surface area contributed by atoms with Crippen LogP contribution in [0, 0.1) is 0 Å². The summed E-state index contributed by atoms with van der Waals surface area (Å²) in [7, 11) is 0. The maximum Gasteiger partial charge on any atom is 0.125 e. The molecule has 9 aromatic rings. The fourth-order valence-corrected chi connectivity index (χ4v) is 8.45. The average molecular weight is 773 g/mol. The van der Waals surface area contributed by atoms with Gasteiger partial charge in [0, 0.05) is 41.3 Å². The number of hydrogen-bond acceptors (Lipinski definition) is 3. The molecule has 2 N–H and O–H groups in total. The van der Waals surface area contributed by atoms with Crippen molar-refractivity contribution in [1.29, 1.82) is 0 Å². The molecule has 0 radical (unpaired) electrons. The van der Waals surface area contributed by atoms with Gasteiger partial charge in [0.25, 0.3) is 0 Å². The van der Waals surface area contributed by atoms with Crippen molar-refractivity contribution in [3.63, 3.8) is 0 Å². The van der Waals surface area contributed by atoms with Gasteiger partial charge in [-0.1, -0.05) is 182 Å². The molecular weight excluding hydrogens is 729 g/mol. The third-order valence-electron chi connectivity index (χ3n) is 11.4. The van der Waals surface area contributed by atoms with E-state index in [2.05, 4.69) is 209 Å². The van der Waals surface area contributed by atoms with E-state index in [0.29, 0.717) is 6.54 Å². The van der Waals surface area contributed by atoms with E-state index in [1.165, 1.54) is 54.9 Å². The van der Waals surface area contributed by atoms with Crippen molar-refractivity contribution in [3.8, 4) is 27.9 Å². The zero-order chi connectivity index (χ0) is 40.1. The Morgan fingerprint density at radius 3 is 1.90 bits per heavy atom. The number of para-hydroxylation sites is 3. The molecule has 2 heterocycles. The Balaban J connectivity index is 1.02. The molecule has 10 rings (SSSR count). The second-order valence-electron chi connectivity index (χ2n) is 15.2. The summed E-state index contributed by atoms with van der Waals surface area (Å²) in [5.41, 5.74) is 13.9. The SMILES string of the molecule is C1=Cc2c(c3ccccc3n(-c3ccccc3)c3ccccc3c3cc(-c4ccc(-c5cccc(CNC(/N=C/c6ccccc6)c6ccccc6)c5)cc4)ccc23)NC1. The number of benzene rings is 8. The molecule has 0 bridgehead atoms. The first-order valence-corrected chi connectivity index (χ1v) is 20.7. The fourth-order valence-electron chi connectivity index (χ4n) is 8.45. The van der Waals surface area contributed by atoms with Crippen LogP contribution in [0.4, 0.5) is 5.69 Å². The third-order valence-corrected chi connectivity index (χ3v) is 11.4. The van der Waals surface area contributed by atoms with Crippen LogP contribution in [-0.2, 0) is 6.54 Å². The van der Waals surface area contributed by atoms with E-state index in [1.54, 1.807) is 0 Å². The highest BCUT2D eigenvalue weighted by atomic mass is 15.1. The van der Waals surface area contributed by atoms with Gasteiger partial charge in [0.15, 0.2) is 0 Å². The molecular formula is C56H44N4. The molecule has 1 aliphatic rings. The molecule has 1 aliphatic heterocycles. The standard InChI is InChI=1S/C56H44N4/c1-4-16-40(17-5-1)38-58-56(44-19-6-2-7-20-44)59-39-41-18-14-21-45(36-41)42-29-31-43(32-30-42)46-33-34-48-50-26-15-35-57-55(50)51-25-11-13-28-54(51)60(47-22-8-3-9-23-47)53-27-12-10-24-49(53)52(48)37-46/h1-34,36-38,56-57,59H,35,39H2/b58-38+. The number of nitrogens with zero attached hydrogens (tertiary/aromatic N) is 2. The maximum atomic E-state index is 4.95. The number of rotatable bonds is 9. The number of aromatic nitrogens is 1. The molecule has 0 spiro atoms. The molecule has 0 saturated heterocycles. The van der Waals surface area contributed by atoms with Gasteiger partial charge in [0.1, 0.15) is 6.17 Å². The van der Waals surface area contributed by atoms with Gasteiger partial charge in [-0.25, -0.2) is 0 Å². The Labute approximate surface area is 351 Å². The van der Waals surface area contributed by atoms with E-state index in [-0.39, 0.29) is 6.17 Å². The Morgan fingerprint density at radius 1 is 0.533 bits per heavy atom.